The van der Waals surface area contributed by atoms with Gasteiger partial charge in [-0.15, -0.1) is 24.8 Å². The topological polar surface area (TPSA) is 262 Å². The summed E-state index contributed by atoms with van der Waals surface area (Å²) in [6.07, 6.45) is 5.22. The van der Waals surface area contributed by atoms with Gasteiger partial charge in [-0.05, 0) is 199 Å². The number of carbonyl (C=O) groups excluding carboxylic acids is 5. The lowest BCUT2D eigenvalue weighted by Gasteiger charge is -2.40. The van der Waals surface area contributed by atoms with Gasteiger partial charge in [-0.2, -0.15) is 0 Å². The summed E-state index contributed by atoms with van der Waals surface area (Å²) in [4.78, 5) is 78.0. The molecule has 4 saturated heterocycles. The summed E-state index contributed by atoms with van der Waals surface area (Å²) in [5, 5.41) is 22.2. The van der Waals surface area contributed by atoms with E-state index >= 15 is 0 Å². The maximum atomic E-state index is 12.7. The van der Waals surface area contributed by atoms with E-state index in [4.69, 9.17) is 39.3 Å². The molecule has 2 unspecified atom stereocenters. The van der Waals surface area contributed by atoms with E-state index in [-0.39, 0.29) is 77.8 Å². The Morgan fingerprint density at radius 3 is 1.12 bits per heavy atom. The molecule has 7 N–H and O–H groups in total. The molecule has 0 aliphatic carbocycles. The molecule has 21 nitrogen and oxygen atoms in total. The normalized spacial score (nSPS) is 18.6. The van der Waals surface area contributed by atoms with Crippen molar-refractivity contribution in [3.63, 3.8) is 0 Å². The van der Waals surface area contributed by atoms with Crippen molar-refractivity contribution in [1.82, 2.24) is 20.0 Å². The van der Waals surface area contributed by atoms with E-state index in [1.165, 1.54) is 0 Å². The molecule has 6 aromatic carbocycles. The number of carboxylic acid groups (broad SMARTS) is 1. The van der Waals surface area contributed by atoms with E-state index in [1.807, 2.05) is 225 Å². The largest absolute Gasteiger partial charge is 0.486 e. The number of rotatable bonds is 10. The number of hydrogen-bond donors (Lipinski definition) is 6. The Bertz CT molecular complexity index is 3600. The number of piperidine rings is 4. The highest BCUT2D eigenvalue weighted by Gasteiger charge is 2.42. The number of nitrogens with one attached hydrogen (secondary N) is 4. The van der Waals surface area contributed by atoms with Crippen LogP contribution in [0.4, 0.5) is 32.3 Å². The number of alkyl halides is 1. The second kappa shape index (κ2) is 40.8. The summed E-state index contributed by atoms with van der Waals surface area (Å²) >= 11 is 3.36. The Morgan fingerprint density at radius 2 is 0.779 bits per heavy atom. The van der Waals surface area contributed by atoms with Crippen molar-refractivity contribution < 1.29 is 62.3 Å². The van der Waals surface area contributed by atoms with Crippen LogP contribution in [0.1, 0.15) is 121 Å². The molecule has 6 aliphatic rings. The first kappa shape index (κ1) is 86.4. The highest BCUT2D eigenvalue weighted by molar-refractivity contribution is 9.09. The van der Waals surface area contributed by atoms with Crippen molar-refractivity contribution in [3.05, 3.63) is 170 Å². The lowest BCUT2D eigenvalue weighted by atomic mass is 9.79. The zero-order chi connectivity index (χ0) is 74.0. The number of para-hydroxylation sites is 8. The number of fused-ring (bicyclic) bond motifs is 2. The summed E-state index contributed by atoms with van der Waals surface area (Å²) in [6, 6.07) is 53.8. The van der Waals surface area contributed by atoms with Gasteiger partial charge in [-0.25, -0.2) is 9.59 Å². The third-order valence-electron chi connectivity index (χ3n) is 18.5. The molecule has 0 radical (unpaired) electrons. The van der Waals surface area contributed by atoms with Crippen LogP contribution < -0.4 is 45.9 Å². The van der Waals surface area contributed by atoms with Crippen LogP contribution in [0.3, 0.4) is 0 Å². The highest BCUT2D eigenvalue weighted by atomic mass is 79.9. The first-order valence-electron chi connectivity index (χ1n) is 35.3. The average Bonchev–Trinajstić information content (AvgIpc) is 0.832. The number of carboxylic acids is 1. The maximum absolute atomic E-state index is 12.7. The number of likely N-dealkylation sites (tertiary alicyclic amines) is 3. The van der Waals surface area contributed by atoms with E-state index in [0.29, 0.717) is 65.1 Å². The number of nitrogen functional groups attached to an aromatic ring is 1. The van der Waals surface area contributed by atoms with E-state index in [0.717, 1.165) is 109 Å². The minimum atomic E-state index is -0.790. The van der Waals surface area contributed by atoms with Crippen molar-refractivity contribution in [3.8, 4) is 23.0 Å². The van der Waals surface area contributed by atoms with Crippen molar-refractivity contribution in [1.29, 1.82) is 0 Å². The monoisotopic (exact) mass is 1540 g/mol. The molecule has 5 amide bonds. The van der Waals surface area contributed by atoms with Gasteiger partial charge in [-0.3, -0.25) is 24.1 Å². The molecule has 6 aromatic rings. The minimum absolute atomic E-state index is 0. The predicted octanol–water partition coefficient (Wildman–Crippen LogP) is 15.7. The Hall–Kier alpha value is -8.28. The van der Waals surface area contributed by atoms with Crippen LogP contribution in [0.2, 0.25) is 0 Å². The van der Waals surface area contributed by atoms with Gasteiger partial charge in [0, 0.05) is 71.6 Å². The van der Waals surface area contributed by atoms with Gasteiger partial charge < -0.3 is 70.3 Å². The molecule has 12 rings (SSSR count). The SMILES string of the molecule is BrCC1COc2ccccc2O1.CC(C)(C)OC(=O)N1CCC(C)(C(=O)Nc2ccccc2)CC1.CC(C)(C)OC(=O)N1CCC(C)(C(=O)O)CC1.CC1(C(=O)Nc2ccccc2)CCN(CC2COc3ccccc3O2)CC1.CC1(C(=O)Nc2ccccc2)CCNCC1.Cl.Cl.Nc1ccccc1. The summed E-state index contributed by atoms with van der Waals surface area (Å²) in [7, 11) is 0. The summed E-state index contributed by atoms with van der Waals surface area (Å²) in [5.74, 6) is 2.78. The molecule has 2 atom stereocenters. The fourth-order valence-corrected chi connectivity index (χ4v) is 11.9. The van der Waals surface area contributed by atoms with Gasteiger partial charge in [0.2, 0.25) is 17.7 Å². The van der Waals surface area contributed by atoms with Crippen LogP contribution in [0.15, 0.2) is 170 Å². The fourth-order valence-electron chi connectivity index (χ4n) is 11.6. The molecule has 4 fully saturated rings. The molecule has 0 aromatic heterocycles. The molecule has 6 aliphatic heterocycles. The fraction of sp³-hybridized carbons (Fsp3) is 0.475. The number of ether oxygens (including phenoxy) is 6. The lowest BCUT2D eigenvalue weighted by molar-refractivity contribution is -0.150. The molecule has 24 heteroatoms. The van der Waals surface area contributed by atoms with Crippen LogP contribution in [-0.2, 0) is 28.7 Å². The van der Waals surface area contributed by atoms with Crippen molar-refractivity contribution in [2.24, 2.45) is 21.7 Å². The maximum Gasteiger partial charge on any atom is 0.410 e. The van der Waals surface area contributed by atoms with Gasteiger partial charge in [-0.1, -0.05) is 134 Å². The van der Waals surface area contributed by atoms with Crippen LogP contribution in [0.5, 0.6) is 23.0 Å². The summed E-state index contributed by atoms with van der Waals surface area (Å²) in [6.45, 7) is 26.4. The third kappa shape index (κ3) is 28.0. The van der Waals surface area contributed by atoms with Crippen LogP contribution >= 0.6 is 40.7 Å². The summed E-state index contributed by atoms with van der Waals surface area (Å²) in [5.41, 5.74) is 5.99. The van der Waals surface area contributed by atoms with Crippen LogP contribution in [0, 0.1) is 21.7 Å². The van der Waals surface area contributed by atoms with Crippen LogP contribution in [-0.4, -0.2) is 157 Å². The Morgan fingerprint density at radius 1 is 0.471 bits per heavy atom. The molecule has 0 saturated carbocycles. The molecular weight excluding hydrogens is 1430 g/mol. The van der Waals surface area contributed by atoms with Gasteiger partial charge in [0.1, 0.15) is 36.6 Å². The smallest absolute Gasteiger partial charge is 0.410 e. The van der Waals surface area contributed by atoms with Crippen molar-refractivity contribution in [2.75, 3.05) is 99.1 Å². The molecule has 104 heavy (non-hydrogen) atoms. The number of nitrogens with zero attached hydrogens (tertiary/aromatic N) is 3. The molecule has 0 spiro atoms. The third-order valence-corrected chi connectivity index (χ3v) is 19.3. The lowest BCUT2D eigenvalue weighted by Crippen LogP contribution is -2.48. The number of nitrogens with two attached hydrogens (primary N) is 1. The zero-order valence-electron chi connectivity index (χ0n) is 61.9. The molecule has 6 heterocycles. The average molecular weight is 1540 g/mol. The molecule has 0 bridgehead atoms. The Kier molecular flexibility index (Phi) is 33.9. The Labute approximate surface area is 635 Å². The standard InChI is InChI=1S/C22H26N2O3.C18H26N2O3.C13H18N2O.C12H21NO4.C9H9BrO2.C6H7N.2ClH/c1-22(21(25)23-17-7-3-2-4-8-17)11-13-24(14-12-22)15-18-16-26-19-9-5-6-10-20(19)27-18;1-17(2,3)23-16(22)20-12-10-18(4,11-13-20)15(21)19-14-8-6-5-7-9-14;1-13(7-9-14-10-8-13)12(16)15-11-5-3-2-4-6-11;1-11(2,3)17-10(16)13-7-5-12(4,6-8-13)9(14)15;10-5-7-6-11-8-3-1-2-4-9(8)12-7;7-6-4-2-1-3-5-6;;/h2-10,18H,11-16H2,1H3,(H,23,25);5-9H,10-13H2,1-4H3,(H,19,21);2-6,14H,7-10H2,1H3,(H,15,16);5-8H2,1-4H3,(H,14,15);1-4,7H,5-6H2;1-5H,7H2;2*1H. The first-order chi connectivity index (χ1) is 48.5. The number of amides is 5. The van der Waals surface area contributed by atoms with Gasteiger partial charge in [0.15, 0.2) is 23.0 Å². The van der Waals surface area contributed by atoms with E-state index in [9.17, 15) is 28.8 Å². The van der Waals surface area contributed by atoms with E-state index < -0.39 is 28.0 Å². The summed E-state index contributed by atoms with van der Waals surface area (Å²) < 4.78 is 33.6. The number of carbonyl (C=O) groups is 6. The number of aliphatic carboxylic acids is 1. The second-order valence-corrected chi connectivity index (χ2v) is 30.2. The second-order valence-electron chi connectivity index (χ2n) is 29.6. The zero-order valence-corrected chi connectivity index (χ0v) is 65.1. The number of halogens is 3. The van der Waals surface area contributed by atoms with E-state index in [1.54, 1.807) is 16.7 Å². The molecular formula is C80H109BrCl2N8O13. The Balaban J connectivity index is 0.000000232. The predicted molar refractivity (Wildman–Crippen MR) is 419 cm³/mol. The number of anilines is 4. The molecule has 568 valence electrons. The van der Waals surface area contributed by atoms with E-state index in [2.05, 4.69) is 49.0 Å². The minimum Gasteiger partial charge on any atom is -0.486 e. The van der Waals surface area contributed by atoms with Crippen molar-refractivity contribution >= 4 is 99.4 Å². The van der Waals surface area contributed by atoms with Gasteiger partial charge in [0.05, 0.1) is 10.8 Å². The van der Waals surface area contributed by atoms with Gasteiger partial charge in [0.25, 0.3) is 0 Å². The highest BCUT2D eigenvalue weighted by Crippen LogP contribution is 2.38. The van der Waals surface area contributed by atoms with Gasteiger partial charge >= 0.3 is 18.2 Å². The van der Waals surface area contributed by atoms with Crippen molar-refractivity contribution in [2.45, 2.75) is 144 Å². The number of benzene rings is 6. The quantitative estimate of drug-likeness (QED) is 0.0550. The number of hydrogen-bond acceptors (Lipinski definition) is 15. The first-order valence-corrected chi connectivity index (χ1v) is 36.4. The van der Waals surface area contributed by atoms with Crippen LogP contribution in [0.25, 0.3) is 0 Å².